The number of carbonyl (C=O) groups excluding carboxylic acids is 1. The van der Waals surface area contributed by atoms with Crippen LogP contribution >= 0.6 is 0 Å². The molecule has 0 aromatic rings. The second-order valence-corrected chi connectivity index (χ2v) is 4.38. The van der Waals surface area contributed by atoms with Crippen LogP contribution in [0, 0.1) is 5.41 Å². The summed E-state index contributed by atoms with van der Waals surface area (Å²) in [4.78, 5) is 11.4. The van der Waals surface area contributed by atoms with Gasteiger partial charge in [-0.2, -0.15) is 0 Å². The predicted molar refractivity (Wildman–Crippen MR) is 51.4 cm³/mol. The summed E-state index contributed by atoms with van der Waals surface area (Å²) >= 11 is 0. The molecule has 13 heavy (non-hydrogen) atoms. The number of rotatable bonds is 2. The van der Waals surface area contributed by atoms with Gasteiger partial charge < -0.3 is 10.1 Å². The molecule has 1 atom stereocenters. The number of esters is 1. The minimum Gasteiger partial charge on any atom is -0.465 e. The van der Waals surface area contributed by atoms with Crippen molar-refractivity contribution in [2.45, 2.75) is 39.7 Å². The van der Waals surface area contributed by atoms with Crippen LogP contribution in [0.2, 0.25) is 0 Å². The van der Waals surface area contributed by atoms with E-state index >= 15 is 0 Å². The van der Waals surface area contributed by atoms with Crippen molar-refractivity contribution < 1.29 is 9.53 Å². The highest BCUT2D eigenvalue weighted by Gasteiger charge is 2.32. The van der Waals surface area contributed by atoms with Crippen LogP contribution in [0.5, 0.6) is 0 Å². The van der Waals surface area contributed by atoms with Gasteiger partial charge in [-0.15, -0.1) is 0 Å². The second kappa shape index (κ2) is 4.09. The van der Waals surface area contributed by atoms with Crippen molar-refractivity contribution in [3.05, 3.63) is 0 Å². The van der Waals surface area contributed by atoms with Gasteiger partial charge in [0.1, 0.15) is 6.04 Å². The minimum atomic E-state index is -0.102. The van der Waals surface area contributed by atoms with E-state index in [9.17, 15) is 4.79 Å². The Morgan fingerprint density at radius 3 is 2.85 bits per heavy atom. The molecule has 1 aliphatic rings. The van der Waals surface area contributed by atoms with E-state index in [1.165, 1.54) is 0 Å². The van der Waals surface area contributed by atoms with Gasteiger partial charge in [-0.25, -0.2) is 0 Å². The summed E-state index contributed by atoms with van der Waals surface area (Å²) < 4.78 is 4.97. The molecular formula is C10H19NO2. The van der Waals surface area contributed by atoms with Crippen LogP contribution in [0.15, 0.2) is 0 Å². The smallest absolute Gasteiger partial charge is 0.323 e. The summed E-state index contributed by atoms with van der Waals surface area (Å²) in [5.41, 5.74) is 0.267. The van der Waals surface area contributed by atoms with Crippen LogP contribution in [0.1, 0.15) is 33.6 Å². The van der Waals surface area contributed by atoms with Gasteiger partial charge in [0, 0.05) is 0 Å². The van der Waals surface area contributed by atoms with Crippen LogP contribution < -0.4 is 5.32 Å². The van der Waals surface area contributed by atoms with E-state index in [2.05, 4.69) is 19.2 Å². The summed E-state index contributed by atoms with van der Waals surface area (Å²) in [6.45, 7) is 7.61. The highest BCUT2D eigenvalue weighted by molar-refractivity contribution is 5.75. The van der Waals surface area contributed by atoms with Crippen LogP contribution in [0.3, 0.4) is 0 Å². The van der Waals surface area contributed by atoms with Crippen LogP contribution in [-0.4, -0.2) is 25.2 Å². The van der Waals surface area contributed by atoms with Crippen molar-refractivity contribution in [2.75, 3.05) is 13.2 Å². The molecule has 0 bridgehead atoms. The van der Waals surface area contributed by atoms with Crippen molar-refractivity contribution in [2.24, 2.45) is 5.41 Å². The van der Waals surface area contributed by atoms with Crippen molar-refractivity contribution in [1.29, 1.82) is 0 Å². The van der Waals surface area contributed by atoms with Crippen molar-refractivity contribution >= 4 is 5.97 Å². The highest BCUT2D eigenvalue weighted by Crippen LogP contribution is 2.29. The van der Waals surface area contributed by atoms with Gasteiger partial charge >= 0.3 is 5.97 Å². The van der Waals surface area contributed by atoms with Gasteiger partial charge in [-0.1, -0.05) is 13.8 Å². The maximum absolute atomic E-state index is 11.4. The maximum Gasteiger partial charge on any atom is 0.323 e. The zero-order valence-electron chi connectivity index (χ0n) is 8.72. The molecule has 0 aromatic carbocycles. The Hall–Kier alpha value is -0.570. The fourth-order valence-corrected chi connectivity index (χ4v) is 1.72. The molecule has 1 aliphatic heterocycles. The number of nitrogens with one attached hydrogen (secondary N) is 1. The fourth-order valence-electron chi connectivity index (χ4n) is 1.72. The van der Waals surface area contributed by atoms with E-state index in [-0.39, 0.29) is 17.4 Å². The number of ether oxygens (including phenoxy) is 1. The highest BCUT2D eigenvalue weighted by atomic mass is 16.5. The van der Waals surface area contributed by atoms with Gasteiger partial charge in [0.25, 0.3) is 0 Å². The van der Waals surface area contributed by atoms with Gasteiger partial charge in [0.2, 0.25) is 0 Å². The van der Waals surface area contributed by atoms with E-state index in [0.29, 0.717) is 6.61 Å². The lowest BCUT2D eigenvalue weighted by Gasteiger charge is -2.34. The second-order valence-electron chi connectivity index (χ2n) is 4.38. The molecule has 76 valence electrons. The van der Waals surface area contributed by atoms with Crippen molar-refractivity contribution in [1.82, 2.24) is 5.32 Å². The fraction of sp³-hybridized carbons (Fsp3) is 0.900. The standard InChI is InChI=1S/C10H19NO2/c1-4-13-9(12)8-7-10(2,3)5-6-11-8/h8,11H,4-7H2,1-3H3. The van der Waals surface area contributed by atoms with Crippen molar-refractivity contribution in [3.8, 4) is 0 Å². The average Bonchev–Trinajstić information content (AvgIpc) is 2.03. The molecule has 3 nitrogen and oxygen atoms in total. The van der Waals surface area contributed by atoms with Gasteiger partial charge in [-0.3, -0.25) is 4.79 Å². The molecule has 0 saturated carbocycles. The minimum absolute atomic E-state index is 0.0938. The average molecular weight is 185 g/mol. The lowest BCUT2D eigenvalue weighted by Crippen LogP contribution is -2.47. The molecule has 1 N–H and O–H groups in total. The zero-order valence-corrected chi connectivity index (χ0v) is 8.72. The van der Waals surface area contributed by atoms with Crippen LogP contribution in [0.4, 0.5) is 0 Å². The molecular weight excluding hydrogens is 166 g/mol. The van der Waals surface area contributed by atoms with Crippen LogP contribution in [0.25, 0.3) is 0 Å². The van der Waals surface area contributed by atoms with E-state index < -0.39 is 0 Å². The SMILES string of the molecule is CCOC(=O)C1CC(C)(C)CCN1. The molecule has 1 heterocycles. The van der Waals surface area contributed by atoms with Gasteiger partial charge in [0.15, 0.2) is 0 Å². The predicted octanol–water partition coefficient (Wildman–Crippen LogP) is 1.33. The molecule has 0 radical (unpaired) electrons. The first-order valence-electron chi connectivity index (χ1n) is 4.95. The first kappa shape index (κ1) is 10.5. The summed E-state index contributed by atoms with van der Waals surface area (Å²) in [6, 6.07) is -0.0938. The number of piperidine rings is 1. The lowest BCUT2D eigenvalue weighted by molar-refractivity contribution is -0.147. The normalized spacial score (nSPS) is 26.8. The molecule has 1 rings (SSSR count). The third-order valence-electron chi connectivity index (χ3n) is 2.52. The molecule has 1 fully saturated rings. The Labute approximate surface area is 79.8 Å². The number of hydrogen-bond acceptors (Lipinski definition) is 3. The summed E-state index contributed by atoms with van der Waals surface area (Å²) in [5.74, 6) is -0.102. The first-order valence-corrected chi connectivity index (χ1v) is 4.95. The third-order valence-corrected chi connectivity index (χ3v) is 2.52. The van der Waals surface area contributed by atoms with Crippen molar-refractivity contribution in [3.63, 3.8) is 0 Å². The molecule has 0 aromatic heterocycles. The van der Waals surface area contributed by atoms with Gasteiger partial charge in [0.05, 0.1) is 6.61 Å². The Bertz CT molecular complexity index is 189. The van der Waals surface area contributed by atoms with Crippen LogP contribution in [-0.2, 0) is 9.53 Å². The number of carbonyl (C=O) groups is 1. The molecule has 0 aliphatic carbocycles. The Balaban J connectivity index is 2.47. The quantitative estimate of drug-likeness (QED) is 0.659. The Morgan fingerprint density at radius 1 is 1.62 bits per heavy atom. The molecule has 3 heteroatoms. The van der Waals surface area contributed by atoms with Gasteiger partial charge in [-0.05, 0) is 31.7 Å². The van der Waals surface area contributed by atoms with E-state index in [1.807, 2.05) is 6.92 Å². The third kappa shape index (κ3) is 2.99. The topological polar surface area (TPSA) is 38.3 Å². The zero-order chi connectivity index (χ0) is 9.90. The van der Waals surface area contributed by atoms with E-state index in [1.54, 1.807) is 0 Å². The Morgan fingerprint density at radius 2 is 2.31 bits per heavy atom. The van der Waals surface area contributed by atoms with E-state index in [0.717, 1.165) is 19.4 Å². The lowest BCUT2D eigenvalue weighted by atomic mass is 9.80. The number of hydrogen-bond donors (Lipinski definition) is 1. The molecule has 0 spiro atoms. The first-order chi connectivity index (χ1) is 6.05. The monoisotopic (exact) mass is 185 g/mol. The largest absolute Gasteiger partial charge is 0.465 e. The summed E-state index contributed by atoms with van der Waals surface area (Å²) in [6.07, 6.45) is 2.01. The summed E-state index contributed by atoms with van der Waals surface area (Å²) in [7, 11) is 0. The molecule has 1 saturated heterocycles. The summed E-state index contributed by atoms with van der Waals surface area (Å²) in [5, 5.41) is 3.18. The Kier molecular flexibility index (Phi) is 3.31. The molecule has 0 amide bonds. The van der Waals surface area contributed by atoms with E-state index in [4.69, 9.17) is 4.74 Å². The maximum atomic E-state index is 11.4. The molecule has 1 unspecified atom stereocenters.